The number of hydrogen-bond donors (Lipinski definition) is 1. The molecule has 1 fully saturated rings. The van der Waals surface area contributed by atoms with Crippen LogP contribution in [0.15, 0.2) is 48.5 Å². The van der Waals surface area contributed by atoms with Crippen molar-refractivity contribution >= 4 is 34.3 Å². The molecular formula is C22H21N3O3. The molecule has 3 aliphatic heterocycles. The fourth-order valence-corrected chi connectivity index (χ4v) is 4.18. The number of hydrogen-bond acceptors (Lipinski definition) is 4. The van der Waals surface area contributed by atoms with Gasteiger partial charge in [-0.25, -0.2) is 0 Å². The van der Waals surface area contributed by atoms with E-state index in [0.717, 1.165) is 55.3 Å². The van der Waals surface area contributed by atoms with Gasteiger partial charge in [-0.3, -0.25) is 14.5 Å². The molecule has 1 saturated heterocycles. The third-order valence-electron chi connectivity index (χ3n) is 5.59. The number of carbonyl (C=O) groups excluding carboxylic acids is 2. The zero-order valence-corrected chi connectivity index (χ0v) is 15.5. The molecule has 3 heterocycles. The van der Waals surface area contributed by atoms with Gasteiger partial charge < -0.3 is 15.0 Å². The van der Waals surface area contributed by atoms with Crippen molar-refractivity contribution in [2.24, 2.45) is 0 Å². The van der Waals surface area contributed by atoms with Gasteiger partial charge in [0.2, 0.25) is 0 Å². The SMILES string of the molecule is O=C1Nc2ccccc2/C1=C1\C(=O)N(CCN2CCOCC2)c2ccccc21. The second-order valence-corrected chi connectivity index (χ2v) is 7.18. The molecule has 6 heteroatoms. The van der Waals surface area contributed by atoms with Gasteiger partial charge in [0.05, 0.1) is 30.0 Å². The second kappa shape index (κ2) is 6.89. The fourth-order valence-electron chi connectivity index (χ4n) is 4.18. The Bertz CT molecular complexity index is 992. The van der Waals surface area contributed by atoms with E-state index < -0.39 is 0 Å². The summed E-state index contributed by atoms with van der Waals surface area (Å²) in [5.74, 6) is -0.314. The molecule has 0 aliphatic carbocycles. The molecule has 0 aromatic heterocycles. The summed E-state index contributed by atoms with van der Waals surface area (Å²) >= 11 is 0. The van der Waals surface area contributed by atoms with E-state index in [-0.39, 0.29) is 11.8 Å². The van der Waals surface area contributed by atoms with E-state index in [0.29, 0.717) is 17.7 Å². The molecule has 0 spiro atoms. The number of rotatable bonds is 3. The lowest BCUT2D eigenvalue weighted by Gasteiger charge is -2.28. The molecule has 5 rings (SSSR count). The fraction of sp³-hybridized carbons (Fsp3) is 0.273. The molecule has 142 valence electrons. The van der Waals surface area contributed by atoms with E-state index in [1.54, 1.807) is 4.90 Å². The van der Waals surface area contributed by atoms with Gasteiger partial charge in [0, 0.05) is 43.0 Å². The van der Waals surface area contributed by atoms with Crippen molar-refractivity contribution in [1.82, 2.24) is 4.90 Å². The van der Waals surface area contributed by atoms with Crippen molar-refractivity contribution in [1.29, 1.82) is 0 Å². The molecule has 0 atom stereocenters. The minimum Gasteiger partial charge on any atom is -0.379 e. The lowest BCUT2D eigenvalue weighted by molar-refractivity contribution is -0.114. The first-order chi connectivity index (χ1) is 13.7. The first-order valence-electron chi connectivity index (χ1n) is 9.60. The predicted octanol–water partition coefficient (Wildman–Crippen LogP) is 2.23. The average Bonchev–Trinajstić information content (AvgIpc) is 3.19. The molecule has 2 aromatic rings. The zero-order valence-electron chi connectivity index (χ0n) is 15.5. The van der Waals surface area contributed by atoms with Crippen molar-refractivity contribution in [3.63, 3.8) is 0 Å². The van der Waals surface area contributed by atoms with Crippen LogP contribution in [0.2, 0.25) is 0 Å². The topological polar surface area (TPSA) is 61.9 Å². The number of nitrogens with zero attached hydrogens (tertiary/aromatic N) is 2. The van der Waals surface area contributed by atoms with Crippen LogP contribution >= 0.6 is 0 Å². The van der Waals surface area contributed by atoms with E-state index in [2.05, 4.69) is 10.2 Å². The number of amides is 2. The molecule has 0 radical (unpaired) electrons. The maximum atomic E-state index is 13.4. The van der Waals surface area contributed by atoms with Crippen LogP contribution in [0.4, 0.5) is 11.4 Å². The van der Waals surface area contributed by atoms with Crippen LogP contribution in [0.5, 0.6) is 0 Å². The highest BCUT2D eigenvalue weighted by molar-refractivity contribution is 6.49. The van der Waals surface area contributed by atoms with Crippen LogP contribution in [0.1, 0.15) is 11.1 Å². The minimum absolute atomic E-state index is 0.101. The second-order valence-electron chi connectivity index (χ2n) is 7.18. The Morgan fingerprint density at radius 2 is 1.57 bits per heavy atom. The number of fused-ring (bicyclic) bond motifs is 2. The van der Waals surface area contributed by atoms with Crippen LogP contribution in [0.3, 0.4) is 0 Å². The van der Waals surface area contributed by atoms with Gasteiger partial charge in [-0.1, -0.05) is 36.4 Å². The molecule has 0 saturated carbocycles. The maximum absolute atomic E-state index is 13.4. The summed E-state index contributed by atoms with van der Waals surface area (Å²) in [6, 6.07) is 15.3. The van der Waals surface area contributed by atoms with E-state index in [9.17, 15) is 9.59 Å². The Morgan fingerprint density at radius 3 is 2.39 bits per heavy atom. The summed E-state index contributed by atoms with van der Waals surface area (Å²) in [4.78, 5) is 30.3. The molecule has 0 bridgehead atoms. The van der Waals surface area contributed by atoms with Crippen LogP contribution in [0.25, 0.3) is 11.1 Å². The predicted molar refractivity (Wildman–Crippen MR) is 108 cm³/mol. The van der Waals surface area contributed by atoms with Crippen LogP contribution < -0.4 is 10.2 Å². The number of carbonyl (C=O) groups is 2. The molecule has 0 unspecified atom stereocenters. The molecule has 2 amide bonds. The number of morpholine rings is 1. The Morgan fingerprint density at radius 1 is 0.857 bits per heavy atom. The van der Waals surface area contributed by atoms with Gasteiger partial charge in [-0.2, -0.15) is 0 Å². The Hall–Kier alpha value is -2.96. The van der Waals surface area contributed by atoms with Gasteiger partial charge in [-0.05, 0) is 12.1 Å². The van der Waals surface area contributed by atoms with Gasteiger partial charge in [0.15, 0.2) is 0 Å². The standard InChI is InChI=1S/C22H21N3O3/c26-21-19(15-5-1-3-7-17(15)23-21)20-16-6-2-4-8-18(16)25(22(20)27)10-9-24-11-13-28-14-12-24/h1-8H,9-14H2,(H,23,26)/b20-19+. The molecule has 3 aliphatic rings. The number of para-hydroxylation sites is 2. The first-order valence-corrected chi connectivity index (χ1v) is 9.60. The number of nitrogens with one attached hydrogen (secondary N) is 1. The van der Waals surface area contributed by atoms with E-state index in [1.807, 2.05) is 48.5 Å². The minimum atomic E-state index is -0.214. The summed E-state index contributed by atoms with van der Waals surface area (Å²) in [7, 11) is 0. The number of ether oxygens (including phenoxy) is 1. The molecule has 2 aromatic carbocycles. The lowest BCUT2D eigenvalue weighted by Crippen LogP contribution is -2.42. The van der Waals surface area contributed by atoms with Gasteiger partial charge in [-0.15, -0.1) is 0 Å². The van der Waals surface area contributed by atoms with Crippen molar-refractivity contribution < 1.29 is 14.3 Å². The summed E-state index contributed by atoms with van der Waals surface area (Å²) in [6.45, 7) is 4.61. The maximum Gasteiger partial charge on any atom is 0.259 e. The van der Waals surface area contributed by atoms with Gasteiger partial charge in [0.25, 0.3) is 11.8 Å². The Balaban J connectivity index is 1.54. The van der Waals surface area contributed by atoms with E-state index >= 15 is 0 Å². The summed E-state index contributed by atoms with van der Waals surface area (Å²) in [6.07, 6.45) is 0. The Kier molecular flexibility index (Phi) is 4.22. The Labute approximate surface area is 163 Å². The largest absolute Gasteiger partial charge is 0.379 e. The monoisotopic (exact) mass is 375 g/mol. The van der Waals surface area contributed by atoms with Crippen LogP contribution in [-0.2, 0) is 14.3 Å². The quantitative estimate of drug-likeness (QED) is 0.836. The number of benzene rings is 2. The van der Waals surface area contributed by atoms with Crippen molar-refractivity contribution in [2.75, 3.05) is 49.6 Å². The molecular weight excluding hydrogens is 354 g/mol. The average molecular weight is 375 g/mol. The van der Waals surface area contributed by atoms with Crippen LogP contribution in [0, 0.1) is 0 Å². The molecule has 1 N–H and O–H groups in total. The third-order valence-corrected chi connectivity index (χ3v) is 5.59. The highest BCUT2D eigenvalue weighted by Crippen LogP contribution is 2.44. The summed E-state index contributed by atoms with van der Waals surface area (Å²) in [5, 5.41) is 2.88. The van der Waals surface area contributed by atoms with Gasteiger partial charge >= 0.3 is 0 Å². The molecule has 28 heavy (non-hydrogen) atoms. The highest BCUT2D eigenvalue weighted by Gasteiger charge is 2.39. The third kappa shape index (κ3) is 2.73. The lowest BCUT2D eigenvalue weighted by atomic mass is 9.96. The van der Waals surface area contributed by atoms with Crippen molar-refractivity contribution in [3.8, 4) is 0 Å². The normalized spacial score (nSPS) is 21.6. The summed E-state index contributed by atoms with van der Waals surface area (Å²) in [5.41, 5.74) is 4.23. The van der Waals surface area contributed by atoms with Crippen molar-refractivity contribution in [3.05, 3.63) is 59.7 Å². The van der Waals surface area contributed by atoms with Gasteiger partial charge in [0.1, 0.15) is 0 Å². The summed E-state index contributed by atoms with van der Waals surface area (Å²) < 4.78 is 5.40. The van der Waals surface area contributed by atoms with E-state index in [1.165, 1.54) is 0 Å². The smallest absolute Gasteiger partial charge is 0.259 e. The van der Waals surface area contributed by atoms with Crippen LogP contribution in [-0.4, -0.2) is 56.1 Å². The number of anilines is 2. The highest BCUT2D eigenvalue weighted by atomic mass is 16.5. The first kappa shape index (κ1) is 17.2. The molecule has 6 nitrogen and oxygen atoms in total. The van der Waals surface area contributed by atoms with Crippen molar-refractivity contribution in [2.45, 2.75) is 0 Å². The zero-order chi connectivity index (χ0) is 19.1. The van der Waals surface area contributed by atoms with E-state index in [4.69, 9.17) is 4.74 Å².